The van der Waals surface area contributed by atoms with Crippen molar-refractivity contribution >= 4 is 37.9 Å². The summed E-state index contributed by atoms with van der Waals surface area (Å²) in [6, 6.07) is 32.1. The van der Waals surface area contributed by atoms with E-state index in [0.29, 0.717) is 17.5 Å². The van der Waals surface area contributed by atoms with Crippen LogP contribution in [-0.4, -0.2) is 15.0 Å². The van der Waals surface area contributed by atoms with E-state index in [1.807, 2.05) is 84.9 Å². The van der Waals surface area contributed by atoms with Crippen LogP contribution in [0.1, 0.15) is 0 Å². The van der Waals surface area contributed by atoms with E-state index in [2.05, 4.69) is 28.1 Å². The Balaban J connectivity index is 1.57. The summed E-state index contributed by atoms with van der Waals surface area (Å²) in [6.07, 6.45) is 0. The smallest absolute Gasteiger partial charge is 0.165 e. The van der Waals surface area contributed by atoms with Crippen molar-refractivity contribution in [2.45, 2.75) is 0 Å². The molecule has 2 aromatic heterocycles. The highest BCUT2D eigenvalue weighted by atomic mass is 79.9. The van der Waals surface area contributed by atoms with Gasteiger partial charge >= 0.3 is 0 Å². The lowest BCUT2D eigenvalue weighted by atomic mass is 10.1. The molecule has 0 amide bonds. The van der Waals surface area contributed by atoms with Crippen molar-refractivity contribution in [2.75, 3.05) is 0 Å². The summed E-state index contributed by atoms with van der Waals surface area (Å²) in [7, 11) is 0. The summed E-state index contributed by atoms with van der Waals surface area (Å²) in [6.45, 7) is 0. The fourth-order valence-electron chi connectivity index (χ4n) is 3.85. The summed E-state index contributed by atoms with van der Waals surface area (Å²) in [4.78, 5) is 14.4. The van der Waals surface area contributed by atoms with Crippen molar-refractivity contribution < 1.29 is 4.42 Å². The molecule has 6 aromatic rings. The average Bonchev–Trinajstić information content (AvgIpc) is 3.22. The van der Waals surface area contributed by atoms with Crippen molar-refractivity contribution in [1.29, 1.82) is 0 Å². The van der Waals surface area contributed by atoms with Crippen molar-refractivity contribution in [1.82, 2.24) is 15.0 Å². The summed E-state index contributed by atoms with van der Waals surface area (Å²) < 4.78 is 7.02. The van der Waals surface area contributed by atoms with E-state index >= 15 is 0 Å². The highest BCUT2D eigenvalue weighted by Gasteiger charge is 2.15. The Labute approximate surface area is 192 Å². The standard InChI is InChI=1S/C27H16BrN3O/c28-22-12-6-4-11-21(22)27-30-25(17-8-2-1-3-9-17)29-26(31-27)18-14-15-20-19-10-5-7-13-23(19)32-24(20)16-18/h1-16H. The molecule has 0 atom stereocenters. The Morgan fingerprint density at radius 2 is 1.19 bits per heavy atom. The molecule has 0 unspecified atom stereocenters. The highest BCUT2D eigenvalue weighted by Crippen LogP contribution is 2.33. The minimum atomic E-state index is 0.604. The number of aromatic nitrogens is 3. The molecular formula is C27H16BrN3O. The maximum Gasteiger partial charge on any atom is 0.165 e. The van der Waals surface area contributed by atoms with Crippen LogP contribution < -0.4 is 0 Å². The van der Waals surface area contributed by atoms with Gasteiger partial charge in [0.2, 0.25) is 0 Å². The molecule has 2 heterocycles. The lowest BCUT2D eigenvalue weighted by Crippen LogP contribution is -2.00. The molecule has 32 heavy (non-hydrogen) atoms. The van der Waals surface area contributed by atoms with Gasteiger partial charge in [0.1, 0.15) is 11.2 Å². The van der Waals surface area contributed by atoms with Crippen LogP contribution >= 0.6 is 15.9 Å². The van der Waals surface area contributed by atoms with Crippen molar-refractivity contribution in [3.63, 3.8) is 0 Å². The van der Waals surface area contributed by atoms with E-state index in [0.717, 1.165) is 43.1 Å². The van der Waals surface area contributed by atoms with Gasteiger partial charge in [-0.1, -0.05) is 88.7 Å². The number of nitrogens with zero attached hydrogens (tertiary/aromatic N) is 3. The minimum Gasteiger partial charge on any atom is -0.456 e. The van der Waals surface area contributed by atoms with Gasteiger partial charge in [-0.3, -0.25) is 0 Å². The highest BCUT2D eigenvalue weighted by molar-refractivity contribution is 9.10. The number of furan rings is 1. The van der Waals surface area contributed by atoms with Gasteiger partial charge in [-0.25, -0.2) is 15.0 Å². The molecule has 0 saturated heterocycles. The van der Waals surface area contributed by atoms with Crippen LogP contribution in [0.25, 0.3) is 56.1 Å². The fraction of sp³-hybridized carbons (Fsp3) is 0. The van der Waals surface area contributed by atoms with Crippen molar-refractivity contribution in [3.8, 4) is 34.2 Å². The quantitative estimate of drug-likeness (QED) is 0.264. The van der Waals surface area contributed by atoms with E-state index < -0.39 is 0 Å². The molecule has 6 rings (SSSR count). The lowest BCUT2D eigenvalue weighted by molar-refractivity contribution is 0.669. The predicted molar refractivity (Wildman–Crippen MR) is 131 cm³/mol. The SMILES string of the molecule is Brc1ccccc1-c1nc(-c2ccccc2)nc(-c2ccc3c(c2)oc2ccccc23)n1. The van der Waals surface area contributed by atoms with Crippen LogP contribution in [0.5, 0.6) is 0 Å². The molecule has 4 aromatic carbocycles. The monoisotopic (exact) mass is 477 g/mol. The summed E-state index contributed by atoms with van der Waals surface area (Å²) in [5.41, 5.74) is 4.42. The number of hydrogen-bond donors (Lipinski definition) is 0. The predicted octanol–water partition coefficient (Wildman–Crippen LogP) is 7.53. The largest absolute Gasteiger partial charge is 0.456 e. The first-order valence-electron chi connectivity index (χ1n) is 10.2. The molecule has 0 aliphatic carbocycles. The minimum absolute atomic E-state index is 0.604. The van der Waals surface area contributed by atoms with Gasteiger partial charge in [0.15, 0.2) is 17.5 Å². The van der Waals surface area contributed by atoms with Crippen LogP contribution in [0.3, 0.4) is 0 Å². The number of halogens is 1. The maximum atomic E-state index is 6.08. The molecule has 0 N–H and O–H groups in total. The van der Waals surface area contributed by atoms with Crippen LogP contribution in [0, 0.1) is 0 Å². The van der Waals surface area contributed by atoms with Gasteiger partial charge in [-0.2, -0.15) is 0 Å². The van der Waals surface area contributed by atoms with Gasteiger partial charge in [-0.15, -0.1) is 0 Å². The molecule has 5 heteroatoms. The molecule has 152 valence electrons. The summed E-state index contributed by atoms with van der Waals surface area (Å²) in [5, 5.41) is 2.18. The first-order chi connectivity index (χ1) is 15.8. The van der Waals surface area contributed by atoms with Crippen LogP contribution in [0.2, 0.25) is 0 Å². The fourth-order valence-corrected chi connectivity index (χ4v) is 4.31. The average molecular weight is 478 g/mol. The number of hydrogen-bond acceptors (Lipinski definition) is 4. The van der Waals surface area contributed by atoms with Crippen molar-refractivity contribution in [3.05, 3.63) is 102 Å². The number of fused-ring (bicyclic) bond motifs is 3. The summed E-state index contributed by atoms with van der Waals surface area (Å²) in [5.74, 6) is 1.85. The molecular weight excluding hydrogens is 462 g/mol. The lowest BCUT2D eigenvalue weighted by Gasteiger charge is -2.09. The first kappa shape index (κ1) is 18.9. The first-order valence-corrected chi connectivity index (χ1v) is 11.0. The normalized spacial score (nSPS) is 11.3. The Hall–Kier alpha value is -3.83. The third kappa shape index (κ3) is 3.27. The van der Waals surface area contributed by atoms with Gasteiger partial charge in [0.25, 0.3) is 0 Å². The third-order valence-corrected chi connectivity index (χ3v) is 6.11. The van der Waals surface area contributed by atoms with Crippen LogP contribution in [-0.2, 0) is 0 Å². The van der Waals surface area contributed by atoms with Crippen molar-refractivity contribution in [2.24, 2.45) is 0 Å². The zero-order valence-corrected chi connectivity index (χ0v) is 18.5. The van der Waals surface area contributed by atoms with Crippen LogP contribution in [0.15, 0.2) is 106 Å². The molecule has 0 aliphatic rings. The Kier molecular flexibility index (Phi) is 4.55. The summed E-state index contributed by atoms with van der Waals surface area (Å²) >= 11 is 3.63. The van der Waals surface area contributed by atoms with E-state index in [1.165, 1.54) is 0 Å². The third-order valence-electron chi connectivity index (χ3n) is 5.42. The molecule has 0 radical (unpaired) electrons. The van der Waals surface area contributed by atoms with E-state index in [1.54, 1.807) is 0 Å². The molecule has 0 spiro atoms. The zero-order valence-electron chi connectivity index (χ0n) is 16.9. The van der Waals surface area contributed by atoms with E-state index in [9.17, 15) is 0 Å². The van der Waals surface area contributed by atoms with Gasteiger partial charge < -0.3 is 4.42 Å². The molecule has 0 bridgehead atoms. The van der Waals surface area contributed by atoms with E-state index in [4.69, 9.17) is 19.4 Å². The number of rotatable bonds is 3. The number of para-hydroxylation sites is 1. The van der Waals surface area contributed by atoms with Gasteiger partial charge in [-0.05, 0) is 24.3 Å². The van der Waals surface area contributed by atoms with Gasteiger partial charge in [0, 0.05) is 31.9 Å². The van der Waals surface area contributed by atoms with Gasteiger partial charge in [0.05, 0.1) is 0 Å². The molecule has 0 aliphatic heterocycles. The van der Waals surface area contributed by atoms with Crippen LogP contribution in [0.4, 0.5) is 0 Å². The zero-order chi connectivity index (χ0) is 21.5. The molecule has 0 fully saturated rings. The van der Waals surface area contributed by atoms with E-state index in [-0.39, 0.29) is 0 Å². The maximum absolute atomic E-state index is 6.08. The topological polar surface area (TPSA) is 51.8 Å². The Morgan fingerprint density at radius 3 is 2.03 bits per heavy atom. The second kappa shape index (κ2) is 7.70. The molecule has 0 saturated carbocycles. The second-order valence-electron chi connectivity index (χ2n) is 7.46. The Morgan fingerprint density at radius 1 is 0.531 bits per heavy atom. The molecule has 4 nitrogen and oxygen atoms in total. The number of benzene rings is 4. The second-order valence-corrected chi connectivity index (χ2v) is 8.32. The Bertz CT molecular complexity index is 1590.